The molecule has 0 atom stereocenters. The third kappa shape index (κ3) is 3.60. The molecule has 1 aliphatic heterocycles. The van der Waals surface area contributed by atoms with Gasteiger partial charge in [0.15, 0.2) is 0 Å². The quantitative estimate of drug-likeness (QED) is 0.617. The van der Waals surface area contributed by atoms with Crippen LogP contribution >= 0.6 is 0 Å². The maximum atomic E-state index is 11.4. The fourth-order valence-corrected chi connectivity index (χ4v) is 8.56. The zero-order valence-electron chi connectivity index (χ0n) is 14.3. The zero-order chi connectivity index (χ0) is 16.8. The smallest absolute Gasteiger partial charge is 0.306 e. The first kappa shape index (κ1) is 16.9. The topological polar surface area (TPSA) is 29.5 Å². The van der Waals surface area contributed by atoms with Crippen molar-refractivity contribution in [3.63, 3.8) is 0 Å². The van der Waals surface area contributed by atoms with Gasteiger partial charge in [-0.25, -0.2) is 0 Å². The van der Waals surface area contributed by atoms with Crippen molar-refractivity contribution in [1.29, 1.82) is 0 Å². The SMILES string of the molecule is COC(=O)CCN1CC[Si](c2ccccc2)(c2ccccc2)CC1. The van der Waals surface area contributed by atoms with E-state index in [1.165, 1.54) is 29.6 Å². The van der Waals surface area contributed by atoms with E-state index < -0.39 is 8.07 Å². The highest BCUT2D eigenvalue weighted by molar-refractivity contribution is 7.02. The van der Waals surface area contributed by atoms with Crippen molar-refractivity contribution in [2.75, 3.05) is 26.7 Å². The number of esters is 1. The van der Waals surface area contributed by atoms with Gasteiger partial charge in [-0.05, 0) is 25.2 Å². The van der Waals surface area contributed by atoms with Gasteiger partial charge in [-0.15, -0.1) is 0 Å². The predicted molar refractivity (Wildman–Crippen MR) is 101 cm³/mol. The van der Waals surface area contributed by atoms with Crippen LogP contribution in [-0.2, 0) is 9.53 Å². The van der Waals surface area contributed by atoms with E-state index >= 15 is 0 Å². The summed E-state index contributed by atoms with van der Waals surface area (Å²) in [5.41, 5.74) is 0. The fraction of sp³-hybridized carbons (Fsp3) is 0.350. The van der Waals surface area contributed by atoms with Crippen LogP contribution in [-0.4, -0.2) is 45.7 Å². The Balaban J connectivity index is 1.78. The molecule has 1 fully saturated rings. The molecule has 0 bridgehead atoms. The Morgan fingerprint density at radius 3 is 1.92 bits per heavy atom. The fourth-order valence-electron chi connectivity index (χ4n) is 3.77. The predicted octanol–water partition coefficient (Wildman–Crippen LogP) is 2.13. The molecule has 0 aliphatic carbocycles. The van der Waals surface area contributed by atoms with Crippen LogP contribution in [0, 0.1) is 0 Å². The molecule has 0 saturated carbocycles. The van der Waals surface area contributed by atoms with Gasteiger partial charge in [0.2, 0.25) is 0 Å². The minimum absolute atomic E-state index is 0.116. The summed E-state index contributed by atoms with van der Waals surface area (Å²) in [5.74, 6) is -0.116. The Morgan fingerprint density at radius 2 is 1.46 bits per heavy atom. The first-order valence-electron chi connectivity index (χ1n) is 8.65. The average molecular weight is 340 g/mol. The molecule has 1 heterocycles. The monoisotopic (exact) mass is 339 g/mol. The summed E-state index contributed by atoms with van der Waals surface area (Å²) in [6, 6.07) is 24.5. The van der Waals surface area contributed by atoms with Crippen LogP contribution in [0.3, 0.4) is 0 Å². The molecule has 0 radical (unpaired) electrons. The van der Waals surface area contributed by atoms with Crippen LogP contribution in [0.25, 0.3) is 0 Å². The summed E-state index contributed by atoms with van der Waals surface area (Å²) in [5, 5.41) is 3.06. The molecule has 126 valence electrons. The molecule has 24 heavy (non-hydrogen) atoms. The Hall–Kier alpha value is -1.91. The lowest BCUT2D eigenvalue weighted by atomic mass is 10.3. The lowest BCUT2D eigenvalue weighted by Crippen LogP contribution is -2.63. The largest absolute Gasteiger partial charge is 0.469 e. The van der Waals surface area contributed by atoms with Crippen molar-refractivity contribution in [2.45, 2.75) is 18.5 Å². The minimum Gasteiger partial charge on any atom is -0.469 e. The number of carbonyl (C=O) groups excluding carboxylic acids is 1. The molecule has 0 unspecified atom stereocenters. The van der Waals surface area contributed by atoms with Crippen LogP contribution in [0.15, 0.2) is 60.7 Å². The van der Waals surface area contributed by atoms with Crippen molar-refractivity contribution in [3.05, 3.63) is 60.7 Å². The molecule has 0 spiro atoms. The number of methoxy groups -OCH3 is 1. The van der Waals surface area contributed by atoms with Gasteiger partial charge in [0.1, 0.15) is 8.07 Å². The molecule has 0 aromatic heterocycles. The number of benzene rings is 2. The minimum atomic E-state index is -1.70. The highest BCUT2D eigenvalue weighted by Gasteiger charge is 2.39. The van der Waals surface area contributed by atoms with E-state index in [4.69, 9.17) is 4.74 Å². The van der Waals surface area contributed by atoms with Gasteiger partial charge in [0.05, 0.1) is 13.5 Å². The van der Waals surface area contributed by atoms with E-state index in [1.807, 2.05) is 0 Å². The van der Waals surface area contributed by atoms with Gasteiger partial charge in [0.25, 0.3) is 0 Å². The van der Waals surface area contributed by atoms with Gasteiger partial charge in [-0.1, -0.05) is 71.0 Å². The summed E-state index contributed by atoms with van der Waals surface area (Å²) in [6.45, 7) is 2.93. The normalized spacial score (nSPS) is 17.4. The van der Waals surface area contributed by atoms with E-state index in [0.717, 1.165) is 19.6 Å². The van der Waals surface area contributed by atoms with Crippen LogP contribution in [0.4, 0.5) is 0 Å². The number of rotatable bonds is 5. The van der Waals surface area contributed by atoms with E-state index in [1.54, 1.807) is 0 Å². The first-order chi connectivity index (χ1) is 11.7. The summed E-state index contributed by atoms with van der Waals surface area (Å²) >= 11 is 0. The van der Waals surface area contributed by atoms with Gasteiger partial charge < -0.3 is 9.64 Å². The second-order valence-electron chi connectivity index (χ2n) is 6.48. The van der Waals surface area contributed by atoms with Crippen LogP contribution < -0.4 is 10.4 Å². The zero-order valence-corrected chi connectivity index (χ0v) is 15.3. The second kappa shape index (κ2) is 7.77. The Labute approximate surface area is 145 Å². The molecule has 2 aromatic rings. The highest BCUT2D eigenvalue weighted by atomic mass is 28.3. The lowest BCUT2D eigenvalue weighted by Gasteiger charge is -2.41. The van der Waals surface area contributed by atoms with Gasteiger partial charge in [0, 0.05) is 6.54 Å². The number of carbonyl (C=O) groups is 1. The van der Waals surface area contributed by atoms with Gasteiger partial charge in [-0.2, -0.15) is 0 Å². The van der Waals surface area contributed by atoms with Crippen molar-refractivity contribution in [3.8, 4) is 0 Å². The van der Waals surface area contributed by atoms with E-state index in [2.05, 4.69) is 65.6 Å². The van der Waals surface area contributed by atoms with E-state index in [9.17, 15) is 4.79 Å². The Morgan fingerprint density at radius 1 is 0.958 bits per heavy atom. The summed E-state index contributed by atoms with van der Waals surface area (Å²) in [7, 11) is -0.239. The molecular weight excluding hydrogens is 314 g/mol. The maximum Gasteiger partial charge on any atom is 0.306 e. The van der Waals surface area contributed by atoms with Crippen molar-refractivity contribution in [1.82, 2.24) is 4.90 Å². The van der Waals surface area contributed by atoms with E-state index in [-0.39, 0.29) is 5.97 Å². The maximum absolute atomic E-state index is 11.4. The summed E-state index contributed by atoms with van der Waals surface area (Å²) < 4.78 is 4.76. The van der Waals surface area contributed by atoms with Gasteiger partial charge >= 0.3 is 5.97 Å². The Kier molecular flexibility index (Phi) is 5.48. The summed E-state index contributed by atoms with van der Waals surface area (Å²) in [6.07, 6.45) is 0.488. The first-order valence-corrected chi connectivity index (χ1v) is 11.1. The van der Waals surface area contributed by atoms with Crippen LogP contribution in [0.5, 0.6) is 0 Å². The molecular formula is C20H25NO2Si. The number of nitrogens with zero attached hydrogens (tertiary/aromatic N) is 1. The van der Waals surface area contributed by atoms with Crippen molar-refractivity contribution >= 4 is 24.4 Å². The third-order valence-electron chi connectivity index (χ3n) is 5.22. The lowest BCUT2D eigenvalue weighted by molar-refractivity contribution is -0.140. The number of ether oxygens (including phenoxy) is 1. The number of hydrogen-bond donors (Lipinski definition) is 0. The van der Waals surface area contributed by atoms with Crippen LogP contribution in [0.2, 0.25) is 12.1 Å². The third-order valence-corrected chi connectivity index (χ3v) is 10.3. The molecule has 4 heteroatoms. The van der Waals surface area contributed by atoms with Crippen molar-refractivity contribution in [2.24, 2.45) is 0 Å². The molecule has 0 N–H and O–H groups in total. The molecule has 3 nitrogen and oxygen atoms in total. The second-order valence-corrected chi connectivity index (χ2v) is 10.8. The average Bonchev–Trinajstić information content (AvgIpc) is 2.68. The van der Waals surface area contributed by atoms with Gasteiger partial charge in [-0.3, -0.25) is 4.79 Å². The summed E-state index contributed by atoms with van der Waals surface area (Å²) in [4.78, 5) is 13.8. The molecule has 3 rings (SSSR count). The van der Waals surface area contributed by atoms with E-state index in [0.29, 0.717) is 6.42 Å². The molecule has 2 aromatic carbocycles. The number of hydrogen-bond acceptors (Lipinski definition) is 3. The van der Waals surface area contributed by atoms with Crippen LogP contribution in [0.1, 0.15) is 6.42 Å². The molecule has 1 aliphatic rings. The standard InChI is InChI=1S/C20H25NO2Si/c1-23-20(22)12-13-21-14-16-24(17-15-21,18-8-4-2-5-9-18)19-10-6-3-7-11-19/h2-11H,12-17H2,1H3. The molecule has 0 amide bonds. The highest BCUT2D eigenvalue weighted by Crippen LogP contribution is 2.23. The van der Waals surface area contributed by atoms with Crippen molar-refractivity contribution < 1.29 is 9.53 Å². The Bertz CT molecular complexity index is 610. The molecule has 1 saturated heterocycles.